The van der Waals surface area contributed by atoms with Crippen LogP contribution in [0, 0.1) is 13.5 Å². The van der Waals surface area contributed by atoms with Crippen LogP contribution in [0.5, 0.6) is 0 Å². The van der Waals surface area contributed by atoms with Gasteiger partial charge in [0.05, 0.1) is 17.4 Å². The molecule has 0 bridgehead atoms. The van der Waals surface area contributed by atoms with Gasteiger partial charge >= 0.3 is 0 Å². The van der Waals surface area contributed by atoms with Gasteiger partial charge < -0.3 is 9.74 Å². The summed E-state index contributed by atoms with van der Waals surface area (Å²) < 4.78 is 0. The van der Waals surface area contributed by atoms with E-state index in [0.29, 0.717) is 16.6 Å². The zero-order valence-corrected chi connectivity index (χ0v) is 16.0. The molecular weight excluding hydrogens is 372 g/mol. The number of aromatic amines is 1. The molecule has 2 fully saturated rings. The summed E-state index contributed by atoms with van der Waals surface area (Å²) >= 11 is 5.78. The fourth-order valence-electron chi connectivity index (χ4n) is 4.06. The molecule has 0 unspecified atom stereocenters. The summed E-state index contributed by atoms with van der Waals surface area (Å²) in [6.45, 7) is 9.00. The molecule has 1 aliphatic heterocycles. The van der Waals surface area contributed by atoms with E-state index in [1.807, 2.05) is 30.0 Å². The maximum absolute atomic E-state index is 13.5. The zero-order chi connectivity index (χ0) is 19.5. The lowest BCUT2D eigenvalue weighted by Crippen LogP contribution is -2.55. The Balaban J connectivity index is 1.62. The van der Waals surface area contributed by atoms with Gasteiger partial charge in [0.15, 0.2) is 5.11 Å². The minimum absolute atomic E-state index is 0.0229. The number of thiocarbonyl (C=S) groups is 1. The van der Waals surface area contributed by atoms with E-state index in [0.717, 1.165) is 41.4 Å². The third-order valence-corrected chi connectivity index (χ3v) is 6.04. The molecule has 1 aliphatic carbocycles. The van der Waals surface area contributed by atoms with E-state index in [1.165, 1.54) is 0 Å². The molecule has 1 aromatic carbocycles. The van der Waals surface area contributed by atoms with E-state index < -0.39 is 5.54 Å². The van der Waals surface area contributed by atoms with Crippen molar-refractivity contribution in [3.63, 3.8) is 0 Å². The van der Waals surface area contributed by atoms with Gasteiger partial charge in [0.1, 0.15) is 11.7 Å². The standard InChI is InChI=1S/C20H16N6OS/c1-12-8-15(11-22-17(12)21-2)25-18(27)20(6-3-7-20)26(19(25)28)14-5-4-13-10-23-24-16(13)9-14/h4-5,8-11H,3,6-7H2,1H3,(H,23,24). The maximum atomic E-state index is 13.5. The Bertz CT molecular complexity index is 1190. The molecule has 5 rings (SSSR count). The van der Waals surface area contributed by atoms with E-state index in [4.69, 9.17) is 18.8 Å². The second-order valence-corrected chi connectivity index (χ2v) is 7.60. The summed E-state index contributed by atoms with van der Waals surface area (Å²) in [6.07, 6.45) is 5.83. The first-order valence-electron chi connectivity index (χ1n) is 9.01. The number of fused-ring (bicyclic) bond motifs is 1. The summed E-state index contributed by atoms with van der Waals surface area (Å²) in [6, 6.07) is 7.74. The van der Waals surface area contributed by atoms with Gasteiger partial charge in [-0.15, -0.1) is 4.98 Å². The SMILES string of the molecule is [C-]#[N+]c1ncc(N2C(=O)C3(CCC3)N(c3ccc4cn[nH]c4c3)C2=S)cc1C. The number of carbonyl (C=O) groups excluding carboxylic acids is 1. The molecular formula is C20H16N6OS. The number of carbonyl (C=O) groups is 1. The average molecular weight is 388 g/mol. The third-order valence-electron chi connectivity index (χ3n) is 5.68. The Morgan fingerprint density at radius 1 is 1.25 bits per heavy atom. The number of nitrogens with zero attached hydrogens (tertiary/aromatic N) is 5. The number of aromatic nitrogens is 3. The number of amides is 1. The number of benzene rings is 1. The number of nitrogens with one attached hydrogen (secondary N) is 1. The van der Waals surface area contributed by atoms with Crippen molar-refractivity contribution in [2.75, 3.05) is 9.80 Å². The molecule has 8 heteroatoms. The number of pyridine rings is 1. The largest absolute Gasteiger partial charge is 0.360 e. The zero-order valence-electron chi connectivity index (χ0n) is 15.1. The van der Waals surface area contributed by atoms with Gasteiger partial charge in [-0.1, -0.05) is 6.57 Å². The molecule has 2 aromatic heterocycles. The minimum Gasteiger partial charge on any atom is -0.360 e. The van der Waals surface area contributed by atoms with Gasteiger partial charge in [-0.25, -0.2) is 0 Å². The molecule has 7 nitrogen and oxygen atoms in total. The highest BCUT2D eigenvalue weighted by atomic mass is 32.1. The quantitative estimate of drug-likeness (QED) is 0.533. The van der Waals surface area contributed by atoms with Crippen LogP contribution in [0.3, 0.4) is 0 Å². The van der Waals surface area contributed by atoms with Crippen molar-refractivity contribution >= 4 is 51.3 Å². The first-order chi connectivity index (χ1) is 13.5. The van der Waals surface area contributed by atoms with E-state index in [1.54, 1.807) is 23.4 Å². The minimum atomic E-state index is -0.642. The average Bonchev–Trinajstić information content (AvgIpc) is 3.20. The van der Waals surface area contributed by atoms with E-state index >= 15 is 0 Å². The van der Waals surface area contributed by atoms with Crippen LogP contribution in [0.15, 0.2) is 36.7 Å². The summed E-state index contributed by atoms with van der Waals surface area (Å²) in [5.41, 5.74) is 2.47. The number of hydrogen-bond acceptors (Lipinski definition) is 4. The second-order valence-electron chi connectivity index (χ2n) is 7.23. The molecule has 3 aromatic rings. The topological polar surface area (TPSA) is 69.5 Å². The van der Waals surface area contributed by atoms with Crippen LogP contribution in [0.4, 0.5) is 17.2 Å². The predicted octanol–water partition coefficient (Wildman–Crippen LogP) is 3.88. The molecule has 1 N–H and O–H groups in total. The molecule has 1 saturated carbocycles. The van der Waals surface area contributed by atoms with Gasteiger partial charge in [0.2, 0.25) is 0 Å². The number of rotatable bonds is 2. The van der Waals surface area contributed by atoms with E-state index in [-0.39, 0.29) is 5.91 Å². The molecule has 1 saturated heterocycles. The van der Waals surface area contributed by atoms with Gasteiger partial charge in [0.25, 0.3) is 11.7 Å². The summed E-state index contributed by atoms with van der Waals surface area (Å²) in [5.74, 6) is 0.312. The van der Waals surface area contributed by atoms with Crippen LogP contribution in [0.1, 0.15) is 24.8 Å². The van der Waals surface area contributed by atoms with Gasteiger partial charge in [-0.2, -0.15) is 5.10 Å². The Hall–Kier alpha value is -3.31. The van der Waals surface area contributed by atoms with Crippen molar-refractivity contribution in [1.82, 2.24) is 15.2 Å². The monoisotopic (exact) mass is 388 g/mol. The molecule has 1 spiro atoms. The van der Waals surface area contributed by atoms with Gasteiger partial charge in [-0.3, -0.25) is 14.8 Å². The van der Waals surface area contributed by atoms with Crippen molar-refractivity contribution in [1.29, 1.82) is 0 Å². The number of anilines is 2. The summed E-state index contributed by atoms with van der Waals surface area (Å²) in [4.78, 5) is 24.6. The van der Waals surface area contributed by atoms with E-state index in [9.17, 15) is 4.79 Å². The Morgan fingerprint density at radius 3 is 2.75 bits per heavy atom. The van der Waals surface area contributed by atoms with Crippen LogP contribution in [-0.4, -0.2) is 31.7 Å². The maximum Gasteiger partial charge on any atom is 0.272 e. The van der Waals surface area contributed by atoms with Crippen molar-refractivity contribution in [3.8, 4) is 0 Å². The van der Waals surface area contributed by atoms with Crippen LogP contribution >= 0.6 is 12.2 Å². The Labute approximate surface area is 166 Å². The van der Waals surface area contributed by atoms with Crippen molar-refractivity contribution in [3.05, 3.63) is 53.6 Å². The first-order valence-corrected chi connectivity index (χ1v) is 9.42. The highest BCUT2D eigenvalue weighted by Crippen LogP contribution is 2.48. The molecule has 3 heterocycles. The summed E-state index contributed by atoms with van der Waals surface area (Å²) in [7, 11) is 0. The number of H-pyrrole nitrogens is 1. The highest BCUT2D eigenvalue weighted by molar-refractivity contribution is 7.81. The molecule has 2 aliphatic rings. The van der Waals surface area contributed by atoms with E-state index in [2.05, 4.69) is 20.0 Å². The van der Waals surface area contributed by atoms with Crippen molar-refractivity contribution in [2.45, 2.75) is 31.7 Å². The molecule has 138 valence electrons. The van der Waals surface area contributed by atoms with Gasteiger partial charge in [0, 0.05) is 11.1 Å². The second kappa shape index (κ2) is 5.84. The Kier molecular flexibility index (Phi) is 3.51. The molecule has 1 amide bonds. The number of aryl methyl sites for hydroxylation is 1. The first kappa shape index (κ1) is 16.8. The normalized spacial score (nSPS) is 18.0. The van der Waals surface area contributed by atoms with Crippen molar-refractivity contribution in [2.24, 2.45) is 0 Å². The van der Waals surface area contributed by atoms with Crippen LogP contribution < -0.4 is 9.80 Å². The highest BCUT2D eigenvalue weighted by Gasteiger charge is 2.59. The third kappa shape index (κ3) is 2.14. The van der Waals surface area contributed by atoms with Gasteiger partial charge in [-0.05, 0) is 68.2 Å². The van der Waals surface area contributed by atoms with Crippen molar-refractivity contribution < 1.29 is 4.79 Å². The van der Waals surface area contributed by atoms with Crippen LogP contribution in [0.25, 0.3) is 15.7 Å². The smallest absolute Gasteiger partial charge is 0.272 e. The lowest BCUT2D eigenvalue weighted by Gasteiger charge is -2.43. The predicted molar refractivity (Wildman–Crippen MR) is 110 cm³/mol. The number of hydrogen-bond donors (Lipinski definition) is 1. The lowest BCUT2D eigenvalue weighted by molar-refractivity contribution is -0.123. The fraction of sp³-hybridized carbons (Fsp3) is 0.250. The summed E-state index contributed by atoms with van der Waals surface area (Å²) in [5, 5.41) is 8.51. The molecule has 0 atom stereocenters. The van der Waals surface area contributed by atoms with Crippen LogP contribution in [0.2, 0.25) is 0 Å². The molecule has 0 radical (unpaired) electrons. The van der Waals surface area contributed by atoms with Crippen LogP contribution in [-0.2, 0) is 4.79 Å². The molecule has 28 heavy (non-hydrogen) atoms. The fourth-order valence-corrected chi connectivity index (χ4v) is 4.53. The Morgan fingerprint density at radius 2 is 2.07 bits per heavy atom. The lowest BCUT2D eigenvalue weighted by atomic mass is 9.75.